The highest BCUT2D eigenvalue weighted by Gasteiger charge is 2.30. The van der Waals surface area contributed by atoms with Crippen LogP contribution in [0.1, 0.15) is 31.7 Å². The Hall–Kier alpha value is -1.48. The summed E-state index contributed by atoms with van der Waals surface area (Å²) in [4.78, 5) is 2.73. The molecule has 0 unspecified atom stereocenters. The molecule has 0 N–H and O–H groups in total. The van der Waals surface area contributed by atoms with E-state index in [0.717, 1.165) is 18.5 Å². The van der Waals surface area contributed by atoms with E-state index in [4.69, 9.17) is 5.53 Å². The zero-order valence-corrected chi connectivity index (χ0v) is 8.43. The van der Waals surface area contributed by atoms with E-state index >= 15 is 0 Å². The van der Waals surface area contributed by atoms with Crippen LogP contribution in [-0.4, -0.2) is 9.78 Å². The summed E-state index contributed by atoms with van der Waals surface area (Å²) in [5, 5.41) is 7.94. The molecule has 1 aromatic rings. The van der Waals surface area contributed by atoms with Crippen LogP contribution in [0.4, 0.5) is 0 Å². The zero-order valence-electron chi connectivity index (χ0n) is 8.43. The number of aryl methyl sites for hydroxylation is 1. The first kappa shape index (κ1) is 9.09. The van der Waals surface area contributed by atoms with Crippen molar-refractivity contribution in [3.8, 4) is 0 Å². The molecular formula is C9H13N5. The van der Waals surface area contributed by atoms with Gasteiger partial charge in [-0.15, -0.1) is 0 Å². The number of rotatable bonds is 2. The third-order valence-corrected chi connectivity index (χ3v) is 2.70. The van der Waals surface area contributed by atoms with Crippen molar-refractivity contribution in [1.82, 2.24) is 9.78 Å². The smallest absolute Gasteiger partial charge is 0.0702 e. The predicted molar refractivity (Wildman–Crippen MR) is 52.7 cm³/mol. The molecule has 2 heterocycles. The van der Waals surface area contributed by atoms with Crippen molar-refractivity contribution in [3.63, 3.8) is 0 Å². The predicted octanol–water partition coefficient (Wildman–Crippen LogP) is 2.37. The molecule has 1 aliphatic heterocycles. The lowest BCUT2D eigenvalue weighted by atomic mass is 10.0. The highest BCUT2D eigenvalue weighted by atomic mass is 15.3. The molecule has 1 aromatic heterocycles. The van der Waals surface area contributed by atoms with Gasteiger partial charge in [0, 0.05) is 10.6 Å². The number of hydrogen-bond acceptors (Lipinski definition) is 2. The quantitative estimate of drug-likeness (QED) is 0.402. The summed E-state index contributed by atoms with van der Waals surface area (Å²) < 4.78 is 2.05. The molecule has 0 saturated heterocycles. The molecule has 0 bridgehead atoms. The van der Waals surface area contributed by atoms with E-state index in [0.29, 0.717) is 6.54 Å². The van der Waals surface area contributed by atoms with Gasteiger partial charge < -0.3 is 0 Å². The monoisotopic (exact) mass is 191 g/mol. The van der Waals surface area contributed by atoms with Gasteiger partial charge in [-0.1, -0.05) is 5.11 Å². The van der Waals surface area contributed by atoms with Gasteiger partial charge in [0.25, 0.3) is 0 Å². The van der Waals surface area contributed by atoms with Crippen LogP contribution in [-0.2, 0) is 18.5 Å². The minimum Gasteiger partial charge on any atom is -0.264 e. The lowest BCUT2D eigenvalue weighted by Gasteiger charge is -2.18. The van der Waals surface area contributed by atoms with E-state index in [-0.39, 0.29) is 5.54 Å². The summed E-state index contributed by atoms with van der Waals surface area (Å²) in [6.07, 6.45) is 2.20. The summed E-state index contributed by atoms with van der Waals surface area (Å²) in [5.74, 6) is 0. The number of nitrogens with zero attached hydrogens (tertiary/aromatic N) is 5. The molecule has 1 aliphatic rings. The van der Waals surface area contributed by atoms with Gasteiger partial charge in [0.1, 0.15) is 0 Å². The van der Waals surface area contributed by atoms with E-state index < -0.39 is 0 Å². The van der Waals surface area contributed by atoms with Crippen LogP contribution in [0, 0.1) is 0 Å². The Bertz CT molecular complexity index is 397. The number of fused-ring (bicyclic) bond motifs is 1. The van der Waals surface area contributed by atoms with Crippen LogP contribution >= 0.6 is 0 Å². The average Bonchev–Trinajstić information content (AvgIpc) is 2.65. The molecule has 0 atom stereocenters. The molecule has 0 amide bonds. The largest absolute Gasteiger partial charge is 0.264 e. The van der Waals surface area contributed by atoms with Gasteiger partial charge in [0.15, 0.2) is 0 Å². The normalized spacial score (nSPS) is 17.6. The molecule has 0 aliphatic carbocycles. The van der Waals surface area contributed by atoms with Crippen molar-refractivity contribution in [2.24, 2.45) is 5.11 Å². The van der Waals surface area contributed by atoms with E-state index in [1.807, 2.05) is 6.07 Å². The van der Waals surface area contributed by atoms with Crippen molar-refractivity contribution in [3.05, 3.63) is 27.9 Å². The fraction of sp³-hybridized carbons (Fsp3) is 0.667. The first-order valence-corrected chi connectivity index (χ1v) is 4.73. The number of hydrogen-bond donors (Lipinski definition) is 0. The molecule has 0 saturated carbocycles. The Morgan fingerprint density at radius 3 is 3.14 bits per heavy atom. The summed E-state index contributed by atoms with van der Waals surface area (Å²) >= 11 is 0. The van der Waals surface area contributed by atoms with Crippen LogP contribution in [0.2, 0.25) is 0 Å². The van der Waals surface area contributed by atoms with E-state index in [1.54, 1.807) is 0 Å². The SMILES string of the molecule is CC1(C)CCc2cc(CN=[N+]=[N-])nn21. The average molecular weight is 191 g/mol. The molecule has 5 heteroatoms. The Kier molecular flexibility index (Phi) is 1.97. The minimum atomic E-state index is 0.115. The third-order valence-electron chi connectivity index (χ3n) is 2.70. The van der Waals surface area contributed by atoms with Gasteiger partial charge in [-0.3, -0.25) is 4.68 Å². The second-order valence-corrected chi connectivity index (χ2v) is 4.24. The Balaban J connectivity index is 2.30. The molecule has 0 spiro atoms. The van der Waals surface area contributed by atoms with Gasteiger partial charge in [-0.25, -0.2) is 0 Å². The fourth-order valence-electron chi connectivity index (χ4n) is 1.90. The summed E-state index contributed by atoms with van der Waals surface area (Å²) in [5.41, 5.74) is 10.4. The second kappa shape index (κ2) is 3.03. The lowest BCUT2D eigenvalue weighted by Crippen LogP contribution is -2.22. The van der Waals surface area contributed by atoms with Gasteiger partial charge in [-0.05, 0) is 38.3 Å². The molecule has 74 valence electrons. The van der Waals surface area contributed by atoms with Crippen molar-refractivity contribution < 1.29 is 0 Å². The summed E-state index contributed by atoms with van der Waals surface area (Å²) in [6.45, 7) is 4.70. The topological polar surface area (TPSA) is 66.6 Å². The zero-order chi connectivity index (χ0) is 10.2. The highest BCUT2D eigenvalue weighted by molar-refractivity contribution is 5.16. The van der Waals surface area contributed by atoms with Crippen LogP contribution in [0.5, 0.6) is 0 Å². The summed E-state index contributed by atoms with van der Waals surface area (Å²) in [6, 6.07) is 2.03. The lowest BCUT2D eigenvalue weighted by molar-refractivity contribution is 0.338. The van der Waals surface area contributed by atoms with Gasteiger partial charge in [0.05, 0.1) is 17.8 Å². The Morgan fingerprint density at radius 2 is 2.50 bits per heavy atom. The van der Waals surface area contributed by atoms with Gasteiger partial charge >= 0.3 is 0 Å². The number of azide groups is 1. The van der Waals surface area contributed by atoms with Crippen LogP contribution in [0.3, 0.4) is 0 Å². The minimum absolute atomic E-state index is 0.115. The molecule has 0 radical (unpaired) electrons. The maximum Gasteiger partial charge on any atom is 0.0702 e. The van der Waals surface area contributed by atoms with Crippen molar-refractivity contribution in [1.29, 1.82) is 0 Å². The first-order chi connectivity index (χ1) is 6.63. The highest BCUT2D eigenvalue weighted by Crippen LogP contribution is 2.31. The fourth-order valence-corrected chi connectivity index (χ4v) is 1.90. The molecule has 2 rings (SSSR count). The maximum atomic E-state index is 8.20. The van der Waals surface area contributed by atoms with E-state index in [9.17, 15) is 0 Å². The van der Waals surface area contributed by atoms with Crippen LogP contribution in [0.25, 0.3) is 10.4 Å². The molecule has 14 heavy (non-hydrogen) atoms. The molecule has 0 aromatic carbocycles. The molecule has 0 fully saturated rings. The first-order valence-electron chi connectivity index (χ1n) is 4.73. The maximum absolute atomic E-state index is 8.20. The van der Waals surface area contributed by atoms with Crippen molar-refractivity contribution >= 4 is 0 Å². The Labute approximate surface area is 82.4 Å². The van der Waals surface area contributed by atoms with Crippen molar-refractivity contribution in [2.75, 3.05) is 0 Å². The summed E-state index contributed by atoms with van der Waals surface area (Å²) in [7, 11) is 0. The van der Waals surface area contributed by atoms with E-state index in [2.05, 4.69) is 33.7 Å². The molecule has 5 nitrogen and oxygen atoms in total. The van der Waals surface area contributed by atoms with Crippen molar-refractivity contribution in [2.45, 2.75) is 38.8 Å². The third kappa shape index (κ3) is 1.36. The van der Waals surface area contributed by atoms with Gasteiger partial charge in [0.2, 0.25) is 0 Å². The van der Waals surface area contributed by atoms with Crippen LogP contribution < -0.4 is 0 Å². The van der Waals surface area contributed by atoms with Crippen LogP contribution in [0.15, 0.2) is 11.2 Å². The molecular weight excluding hydrogens is 178 g/mol. The van der Waals surface area contributed by atoms with E-state index in [1.165, 1.54) is 5.69 Å². The van der Waals surface area contributed by atoms with Gasteiger partial charge in [-0.2, -0.15) is 5.10 Å². The number of aromatic nitrogens is 2. The Morgan fingerprint density at radius 1 is 1.71 bits per heavy atom. The second-order valence-electron chi connectivity index (χ2n) is 4.24. The standard InChI is InChI=1S/C9H13N5/c1-9(2)4-3-8-5-7(6-11-13-10)12-14(8)9/h5H,3-4,6H2,1-2H3.